The summed E-state index contributed by atoms with van der Waals surface area (Å²) in [6, 6.07) is 0. The van der Waals surface area contributed by atoms with Crippen molar-refractivity contribution in [2.45, 2.75) is 19.5 Å². The fourth-order valence-electron chi connectivity index (χ4n) is 2.57. The maximum atomic E-state index is 12.4. The number of alkyl halides is 3. The zero-order valence-electron chi connectivity index (χ0n) is 10.1. The molecule has 1 saturated heterocycles. The van der Waals surface area contributed by atoms with Crippen molar-refractivity contribution in [3.05, 3.63) is 11.6 Å². The first-order valence-electron chi connectivity index (χ1n) is 6.16. The minimum atomic E-state index is -4.13. The molecule has 0 saturated carbocycles. The van der Waals surface area contributed by atoms with E-state index in [1.807, 2.05) is 0 Å². The van der Waals surface area contributed by atoms with E-state index in [0.29, 0.717) is 24.9 Å². The molecule has 0 aromatic rings. The highest BCUT2D eigenvalue weighted by molar-refractivity contribution is 5.13. The maximum absolute atomic E-state index is 12.4. The van der Waals surface area contributed by atoms with Crippen LogP contribution in [-0.2, 0) is 0 Å². The van der Waals surface area contributed by atoms with Gasteiger partial charge in [-0.2, -0.15) is 13.2 Å². The molecule has 2 atom stereocenters. The molecule has 0 unspecified atom stereocenters. The summed E-state index contributed by atoms with van der Waals surface area (Å²) in [5.74, 6) is 1.21. The molecule has 98 valence electrons. The van der Waals surface area contributed by atoms with Gasteiger partial charge in [0.15, 0.2) is 0 Å². The third kappa shape index (κ3) is 3.22. The summed E-state index contributed by atoms with van der Waals surface area (Å²) in [6.07, 6.45) is -2.65. The average molecular weight is 248 g/mol. The SMILES string of the molecule is C[C@@H]1CNC[C@H]1CN1CC=C(C(F)(F)F)CC1. The van der Waals surface area contributed by atoms with Crippen LogP contribution in [0.15, 0.2) is 11.6 Å². The van der Waals surface area contributed by atoms with E-state index >= 15 is 0 Å². The topological polar surface area (TPSA) is 15.3 Å². The molecule has 0 aromatic heterocycles. The molecular formula is C12H19F3N2. The Labute approximate surface area is 99.9 Å². The van der Waals surface area contributed by atoms with Crippen molar-refractivity contribution in [3.8, 4) is 0 Å². The molecule has 0 amide bonds. The molecule has 2 aliphatic heterocycles. The van der Waals surface area contributed by atoms with E-state index in [2.05, 4.69) is 17.1 Å². The predicted octanol–water partition coefficient (Wildman–Crippen LogP) is 2.04. The van der Waals surface area contributed by atoms with E-state index in [0.717, 1.165) is 19.6 Å². The highest BCUT2D eigenvalue weighted by atomic mass is 19.4. The van der Waals surface area contributed by atoms with Crippen molar-refractivity contribution in [2.24, 2.45) is 11.8 Å². The fourth-order valence-corrected chi connectivity index (χ4v) is 2.57. The lowest BCUT2D eigenvalue weighted by atomic mass is 9.96. The van der Waals surface area contributed by atoms with Crippen LogP contribution < -0.4 is 5.32 Å². The monoisotopic (exact) mass is 248 g/mol. The van der Waals surface area contributed by atoms with E-state index in [-0.39, 0.29) is 12.0 Å². The molecule has 0 aromatic carbocycles. The second-order valence-corrected chi connectivity index (χ2v) is 5.13. The first-order chi connectivity index (χ1) is 7.97. The van der Waals surface area contributed by atoms with Crippen molar-refractivity contribution in [2.75, 3.05) is 32.7 Å². The van der Waals surface area contributed by atoms with Crippen LogP contribution in [0.4, 0.5) is 13.2 Å². The third-order valence-corrected chi connectivity index (χ3v) is 3.83. The van der Waals surface area contributed by atoms with Crippen LogP contribution in [0.3, 0.4) is 0 Å². The molecule has 2 nitrogen and oxygen atoms in total. The van der Waals surface area contributed by atoms with Crippen LogP contribution >= 0.6 is 0 Å². The van der Waals surface area contributed by atoms with Gasteiger partial charge in [0.25, 0.3) is 0 Å². The van der Waals surface area contributed by atoms with E-state index in [1.165, 1.54) is 6.08 Å². The van der Waals surface area contributed by atoms with Crippen LogP contribution in [0, 0.1) is 11.8 Å². The first kappa shape index (κ1) is 12.9. The highest BCUT2D eigenvalue weighted by Crippen LogP contribution is 2.30. The normalized spacial score (nSPS) is 31.6. The highest BCUT2D eigenvalue weighted by Gasteiger charge is 2.35. The van der Waals surface area contributed by atoms with Crippen LogP contribution in [0.1, 0.15) is 13.3 Å². The summed E-state index contributed by atoms with van der Waals surface area (Å²) in [7, 11) is 0. The van der Waals surface area contributed by atoms with Gasteiger partial charge < -0.3 is 5.32 Å². The van der Waals surface area contributed by atoms with Gasteiger partial charge in [0.2, 0.25) is 0 Å². The molecule has 1 N–H and O–H groups in total. The predicted molar refractivity (Wildman–Crippen MR) is 60.7 cm³/mol. The van der Waals surface area contributed by atoms with Gasteiger partial charge in [-0.05, 0) is 31.3 Å². The smallest absolute Gasteiger partial charge is 0.316 e. The van der Waals surface area contributed by atoms with Gasteiger partial charge >= 0.3 is 6.18 Å². The van der Waals surface area contributed by atoms with Crippen molar-refractivity contribution in [1.82, 2.24) is 10.2 Å². The Morgan fingerprint density at radius 1 is 1.41 bits per heavy atom. The molecule has 2 aliphatic rings. The van der Waals surface area contributed by atoms with Crippen LogP contribution in [0.25, 0.3) is 0 Å². The Morgan fingerprint density at radius 2 is 2.18 bits per heavy atom. The number of nitrogens with one attached hydrogen (secondary N) is 1. The summed E-state index contributed by atoms with van der Waals surface area (Å²) < 4.78 is 37.3. The van der Waals surface area contributed by atoms with Crippen molar-refractivity contribution in [1.29, 1.82) is 0 Å². The largest absolute Gasteiger partial charge is 0.412 e. The molecule has 1 fully saturated rings. The van der Waals surface area contributed by atoms with Crippen molar-refractivity contribution < 1.29 is 13.2 Å². The Balaban J connectivity index is 1.85. The van der Waals surface area contributed by atoms with Crippen LogP contribution in [0.2, 0.25) is 0 Å². The van der Waals surface area contributed by atoms with Gasteiger partial charge in [-0.3, -0.25) is 4.90 Å². The molecule has 0 spiro atoms. The van der Waals surface area contributed by atoms with E-state index < -0.39 is 6.18 Å². The summed E-state index contributed by atoms with van der Waals surface area (Å²) in [4.78, 5) is 2.13. The standard InChI is InChI=1S/C12H19F3N2/c1-9-6-16-7-10(9)8-17-4-2-11(3-5-17)12(13,14)15/h2,9-10,16H,3-8H2,1H3/t9-,10+/m1/s1. The Kier molecular flexibility index (Phi) is 3.78. The summed E-state index contributed by atoms with van der Waals surface area (Å²) in [5, 5.41) is 3.32. The minimum Gasteiger partial charge on any atom is -0.316 e. The van der Waals surface area contributed by atoms with Gasteiger partial charge in [0.1, 0.15) is 0 Å². The molecule has 0 radical (unpaired) electrons. The van der Waals surface area contributed by atoms with E-state index in [9.17, 15) is 13.2 Å². The summed E-state index contributed by atoms with van der Waals surface area (Å²) in [6.45, 7) is 6.11. The molecule has 0 bridgehead atoms. The molecule has 17 heavy (non-hydrogen) atoms. The lowest BCUT2D eigenvalue weighted by Gasteiger charge is -2.30. The number of rotatable bonds is 2. The quantitative estimate of drug-likeness (QED) is 0.752. The minimum absolute atomic E-state index is 0.137. The van der Waals surface area contributed by atoms with E-state index in [4.69, 9.17) is 0 Å². The van der Waals surface area contributed by atoms with Crippen molar-refractivity contribution in [3.63, 3.8) is 0 Å². The second kappa shape index (κ2) is 4.98. The van der Waals surface area contributed by atoms with E-state index in [1.54, 1.807) is 0 Å². The fraction of sp³-hybridized carbons (Fsp3) is 0.833. The molecule has 2 heterocycles. The molecule has 5 heteroatoms. The maximum Gasteiger partial charge on any atom is 0.412 e. The Morgan fingerprint density at radius 3 is 2.65 bits per heavy atom. The zero-order valence-corrected chi connectivity index (χ0v) is 10.1. The van der Waals surface area contributed by atoms with Crippen LogP contribution in [-0.4, -0.2) is 43.8 Å². The summed E-state index contributed by atoms with van der Waals surface area (Å²) in [5.41, 5.74) is -0.355. The first-order valence-corrected chi connectivity index (χ1v) is 6.16. The van der Waals surface area contributed by atoms with Gasteiger partial charge in [0, 0.05) is 25.2 Å². The molecular weight excluding hydrogens is 229 g/mol. The van der Waals surface area contributed by atoms with Gasteiger partial charge in [-0.15, -0.1) is 0 Å². The third-order valence-electron chi connectivity index (χ3n) is 3.83. The van der Waals surface area contributed by atoms with Gasteiger partial charge in [0.05, 0.1) is 0 Å². The van der Waals surface area contributed by atoms with Gasteiger partial charge in [-0.1, -0.05) is 13.0 Å². The summed E-state index contributed by atoms with van der Waals surface area (Å²) >= 11 is 0. The average Bonchev–Trinajstić information content (AvgIpc) is 2.64. The second-order valence-electron chi connectivity index (χ2n) is 5.13. The van der Waals surface area contributed by atoms with Crippen molar-refractivity contribution >= 4 is 0 Å². The molecule has 0 aliphatic carbocycles. The lowest BCUT2D eigenvalue weighted by Crippen LogP contribution is -2.37. The lowest BCUT2D eigenvalue weighted by molar-refractivity contribution is -0.0961. The Bertz CT molecular complexity index is 299. The number of hydrogen-bond donors (Lipinski definition) is 1. The molecule has 2 rings (SSSR count). The number of hydrogen-bond acceptors (Lipinski definition) is 2. The van der Waals surface area contributed by atoms with Gasteiger partial charge in [-0.25, -0.2) is 0 Å². The Hall–Kier alpha value is -0.550. The number of halogens is 3. The zero-order chi connectivity index (χ0) is 12.5. The van der Waals surface area contributed by atoms with Crippen LogP contribution in [0.5, 0.6) is 0 Å². The number of nitrogens with zero attached hydrogens (tertiary/aromatic N) is 1.